The van der Waals surface area contributed by atoms with Crippen LogP contribution in [0.4, 0.5) is 0 Å². The number of hydrogen-bond acceptors (Lipinski definition) is 2. The normalized spacial score (nSPS) is 9.71. The number of rotatable bonds is 5. The molecule has 17 heavy (non-hydrogen) atoms. The van der Waals surface area contributed by atoms with Gasteiger partial charge in [-0.15, -0.1) is 0 Å². The van der Waals surface area contributed by atoms with Crippen LogP contribution in [0.2, 0.25) is 5.02 Å². The van der Waals surface area contributed by atoms with Gasteiger partial charge in [0.25, 0.3) is 5.91 Å². The van der Waals surface area contributed by atoms with Crippen molar-refractivity contribution in [2.75, 3.05) is 6.54 Å². The van der Waals surface area contributed by atoms with Crippen molar-refractivity contribution >= 4 is 17.5 Å². The number of aryl methyl sites for hydroxylation is 1. The van der Waals surface area contributed by atoms with E-state index in [4.69, 9.17) is 16.9 Å². The number of halogens is 1. The van der Waals surface area contributed by atoms with Gasteiger partial charge in [0.1, 0.15) is 0 Å². The Balaban J connectivity index is 2.44. The summed E-state index contributed by atoms with van der Waals surface area (Å²) in [6, 6.07) is 7.34. The third-order valence-electron chi connectivity index (χ3n) is 2.31. The third-order valence-corrected chi connectivity index (χ3v) is 2.52. The van der Waals surface area contributed by atoms with Crippen LogP contribution in [0.5, 0.6) is 0 Å². The average molecular weight is 251 g/mol. The third kappa shape index (κ3) is 4.88. The van der Waals surface area contributed by atoms with E-state index in [0.717, 1.165) is 18.4 Å². The van der Waals surface area contributed by atoms with Gasteiger partial charge >= 0.3 is 0 Å². The summed E-state index contributed by atoms with van der Waals surface area (Å²) in [4.78, 5) is 11.7. The number of nitrogens with zero attached hydrogens (tertiary/aromatic N) is 1. The summed E-state index contributed by atoms with van der Waals surface area (Å²) in [5, 5.41) is 11.7. The quantitative estimate of drug-likeness (QED) is 0.817. The minimum atomic E-state index is -0.118. The first-order chi connectivity index (χ1) is 8.13. The number of amides is 1. The Morgan fingerprint density at radius 2 is 2.18 bits per heavy atom. The SMILES string of the molecule is Cc1cc(Cl)cc(C(=O)NCCCCC#N)c1. The molecule has 90 valence electrons. The predicted molar refractivity (Wildman–Crippen MR) is 68.0 cm³/mol. The molecule has 0 unspecified atom stereocenters. The molecule has 1 rings (SSSR count). The van der Waals surface area contributed by atoms with Gasteiger partial charge < -0.3 is 5.32 Å². The first-order valence-corrected chi connectivity index (χ1v) is 5.93. The summed E-state index contributed by atoms with van der Waals surface area (Å²) in [5.74, 6) is -0.118. The second-order valence-electron chi connectivity index (χ2n) is 3.89. The molecule has 4 heteroatoms. The molecular weight excluding hydrogens is 236 g/mol. The highest BCUT2D eigenvalue weighted by atomic mass is 35.5. The van der Waals surface area contributed by atoms with Crippen LogP contribution in [0.1, 0.15) is 35.2 Å². The fraction of sp³-hybridized carbons (Fsp3) is 0.385. The molecule has 0 aliphatic carbocycles. The van der Waals surface area contributed by atoms with E-state index in [-0.39, 0.29) is 5.91 Å². The van der Waals surface area contributed by atoms with Crippen molar-refractivity contribution in [3.05, 3.63) is 34.3 Å². The number of carbonyl (C=O) groups is 1. The molecule has 1 aromatic carbocycles. The number of nitrogens with one attached hydrogen (secondary N) is 1. The smallest absolute Gasteiger partial charge is 0.251 e. The molecule has 0 saturated carbocycles. The zero-order valence-corrected chi connectivity index (χ0v) is 10.5. The zero-order valence-electron chi connectivity index (χ0n) is 9.79. The van der Waals surface area contributed by atoms with Gasteiger partial charge in [-0.05, 0) is 43.5 Å². The maximum atomic E-state index is 11.7. The van der Waals surface area contributed by atoms with Crippen LogP contribution in [0.15, 0.2) is 18.2 Å². The molecule has 1 amide bonds. The molecule has 0 bridgehead atoms. The van der Waals surface area contributed by atoms with Crippen LogP contribution >= 0.6 is 11.6 Å². The molecule has 0 heterocycles. The van der Waals surface area contributed by atoms with E-state index in [1.54, 1.807) is 12.1 Å². The second kappa shape index (κ2) is 6.93. The van der Waals surface area contributed by atoms with E-state index < -0.39 is 0 Å². The van der Waals surface area contributed by atoms with Crippen LogP contribution in [0.25, 0.3) is 0 Å². The van der Waals surface area contributed by atoms with Gasteiger partial charge in [-0.2, -0.15) is 5.26 Å². The number of carbonyl (C=O) groups excluding carboxylic acids is 1. The van der Waals surface area contributed by atoms with Crippen molar-refractivity contribution in [2.45, 2.75) is 26.2 Å². The summed E-state index contributed by atoms with van der Waals surface area (Å²) in [6.07, 6.45) is 2.16. The topological polar surface area (TPSA) is 52.9 Å². The molecular formula is C13H15ClN2O. The van der Waals surface area contributed by atoms with Gasteiger partial charge in [-0.25, -0.2) is 0 Å². The Morgan fingerprint density at radius 1 is 1.41 bits per heavy atom. The van der Waals surface area contributed by atoms with Crippen molar-refractivity contribution < 1.29 is 4.79 Å². The summed E-state index contributed by atoms with van der Waals surface area (Å²) >= 11 is 5.88. The summed E-state index contributed by atoms with van der Waals surface area (Å²) < 4.78 is 0. The van der Waals surface area contributed by atoms with Gasteiger partial charge in [0.15, 0.2) is 0 Å². The van der Waals surface area contributed by atoms with Gasteiger partial charge in [0.05, 0.1) is 6.07 Å². The first kappa shape index (κ1) is 13.5. The number of unbranched alkanes of at least 4 members (excludes halogenated alkanes) is 2. The highest BCUT2D eigenvalue weighted by Gasteiger charge is 2.06. The monoisotopic (exact) mass is 250 g/mol. The van der Waals surface area contributed by atoms with Gasteiger partial charge in [0.2, 0.25) is 0 Å². The number of hydrogen-bond donors (Lipinski definition) is 1. The van der Waals surface area contributed by atoms with Gasteiger partial charge in [-0.1, -0.05) is 11.6 Å². The van der Waals surface area contributed by atoms with Gasteiger partial charge in [0, 0.05) is 23.6 Å². The molecule has 1 N–H and O–H groups in total. The van der Waals surface area contributed by atoms with E-state index in [9.17, 15) is 4.79 Å². The zero-order chi connectivity index (χ0) is 12.7. The highest BCUT2D eigenvalue weighted by Crippen LogP contribution is 2.14. The van der Waals surface area contributed by atoms with Crippen molar-refractivity contribution in [2.24, 2.45) is 0 Å². The van der Waals surface area contributed by atoms with E-state index in [2.05, 4.69) is 11.4 Å². The van der Waals surface area contributed by atoms with Crippen molar-refractivity contribution in [1.82, 2.24) is 5.32 Å². The van der Waals surface area contributed by atoms with E-state index >= 15 is 0 Å². The highest BCUT2D eigenvalue weighted by molar-refractivity contribution is 6.31. The largest absolute Gasteiger partial charge is 0.352 e. The van der Waals surface area contributed by atoms with Crippen molar-refractivity contribution in [3.63, 3.8) is 0 Å². The van der Waals surface area contributed by atoms with Crippen LogP contribution in [-0.4, -0.2) is 12.5 Å². The molecule has 0 spiro atoms. The molecule has 0 aliphatic rings. The number of nitriles is 1. The Hall–Kier alpha value is -1.53. The van der Waals surface area contributed by atoms with Crippen LogP contribution in [-0.2, 0) is 0 Å². The van der Waals surface area contributed by atoms with Gasteiger partial charge in [-0.3, -0.25) is 4.79 Å². The maximum absolute atomic E-state index is 11.7. The van der Waals surface area contributed by atoms with Crippen LogP contribution < -0.4 is 5.32 Å². The van der Waals surface area contributed by atoms with Crippen molar-refractivity contribution in [1.29, 1.82) is 5.26 Å². The fourth-order valence-corrected chi connectivity index (χ4v) is 1.79. The lowest BCUT2D eigenvalue weighted by atomic mass is 10.1. The van der Waals surface area contributed by atoms with Crippen LogP contribution in [0.3, 0.4) is 0 Å². The fourth-order valence-electron chi connectivity index (χ4n) is 1.50. The molecule has 0 atom stereocenters. The minimum absolute atomic E-state index is 0.118. The summed E-state index contributed by atoms with van der Waals surface area (Å²) in [6.45, 7) is 2.49. The Bertz CT molecular complexity index is 417. The molecule has 0 aliphatic heterocycles. The Kier molecular flexibility index (Phi) is 5.51. The van der Waals surface area contributed by atoms with Crippen LogP contribution in [0, 0.1) is 18.3 Å². The second-order valence-corrected chi connectivity index (χ2v) is 4.32. The Morgan fingerprint density at radius 3 is 2.82 bits per heavy atom. The summed E-state index contributed by atoms with van der Waals surface area (Å²) in [7, 11) is 0. The Labute approximate surface area is 106 Å². The summed E-state index contributed by atoms with van der Waals surface area (Å²) in [5.41, 5.74) is 1.54. The first-order valence-electron chi connectivity index (χ1n) is 5.56. The van der Waals surface area contributed by atoms with E-state index in [1.165, 1.54) is 0 Å². The number of benzene rings is 1. The van der Waals surface area contributed by atoms with E-state index in [0.29, 0.717) is 23.6 Å². The van der Waals surface area contributed by atoms with Crippen molar-refractivity contribution in [3.8, 4) is 6.07 Å². The molecule has 0 saturated heterocycles. The minimum Gasteiger partial charge on any atom is -0.352 e. The standard InChI is InChI=1S/C13H15ClN2O/c1-10-7-11(9-12(14)8-10)13(17)16-6-4-2-3-5-15/h7-9H,2-4,6H2,1H3,(H,16,17). The molecule has 0 fully saturated rings. The lowest BCUT2D eigenvalue weighted by molar-refractivity contribution is 0.0953. The predicted octanol–water partition coefficient (Wildman–Crippen LogP) is 3.07. The lowest BCUT2D eigenvalue weighted by Gasteiger charge is -2.05. The molecule has 3 nitrogen and oxygen atoms in total. The lowest BCUT2D eigenvalue weighted by Crippen LogP contribution is -2.24. The molecule has 0 radical (unpaired) electrons. The maximum Gasteiger partial charge on any atom is 0.251 e. The average Bonchev–Trinajstić information content (AvgIpc) is 2.27. The molecule has 0 aromatic heterocycles. The molecule has 1 aromatic rings. The van der Waals surface area contributed by atoms with E-state index in [1.807, 2.05) is 13.0 Å².